The maximum absolute atomic E-state index is 13.2. The van der Waals surface area contributed by atoms with Crippen molar-refractivity contribution in [3.63, 3.8) is 0 Å². The van der Waals surface area contributed by atoms with Crippen LogP contribution < -0.4 is 0 Å². The average Bonchev–Trinajstić information content (AvgIpc) is 3.50. The summed E-state index contributed by atoms with van der Waals surface area (Å²) in [7, 11) is 0. The fourth-order valence-corrected chi connectivity index (χ4v) is 4.13. The summed E-state index contributed by atoms with van der Waals surface area (Å²) in [6, 6.07) is 3.72. The molecular weight excluding hydrogens is 400 g/mol. The molecule has 31 heavy (non-hydrogen) atoms. The van der Waals surface area contributed by atoms with Gasteiger partial charge in [-0.25, -0.2) is 4.98 Å². The van der Waals surface area contributed by atoms with Crippen molar-refractivity contribution in [1.82, 2.24) is 15.0 Å². The van der Waals surface area contributed by atoms with E-state index < -0.39 is 17.7 Å². The Morgan fingerprint density at radius 1 is 1.29 bits per heavy atom. The van der Waals surface area contributed by atoms with Crippen LogP contribution in [-0.4, -0.2) is 65.0 Å². The maximum atomic E-state index is 13.2. The van der Waals surface area contributed by atoms with Gasteiger partial charge in [0.1, 0.15) is 11.8 Å². The highest BCUT2D eigenvalue weighted by molar-refractivity contribution is 6.27. The zero-order valence-corrected chi connectivity index (χ0v) is 17.1. The summed E-state index contributed by atoms with van der Waals surface area (Å²) in [6.45, 7) is 2.21. The Labute approximate surface area is 179 Å². The zero-order valence-electron chi connectivity index (χ0n) is 17.1. The minimum absolute atomic E-state index is 0.0686. The third-order valence-corrected chi connectivity index (χ3v) is 5.78. The predicted octanol–water partition coefficient (Wildman–Crippen LogP) is 2.25. The number of ketones is 1. The molecule has 0 radical (unpaired) electrons. The number of pyridine rings is 1. The van der Waals surface area contributed by atoms with Crippen LogP contribution in [0.5, 0.6) is 0 Å². The number of esters is 1. The number of H-pyrrole nitrogens is 1. The second-order valence-electron chi connectivity index (χ2n) is 7.90. The summed E-state index contributed by atoms with van der Waals surface area (Å²) in [5.74, 6) is -2.07. The second kappa shape index (κ2) is 8.50. The molecule has 9 nitrogen and oxygen atoms in total. The molecule has 1 atom stereocenters. The highest BCUT2D eigenvalue weighted by atomic mass is 16.6. The van der Waals surface area contributed by atoms with Gasteiger partial charge in [0, 0.05) is 23.3 Å². The molecule has 9 heteroatoms. The Morgan fingerprint density at radius 2 is 2.10 bits per heavy atom. The number of morpholine rings is 1. The van der Waals surface area contributed by atoms with Gasteiger partial charge in [0.15, 0.2) is 5.76 Å². The van der Waals surface area contributed by atoms with E-state index in [0.717, 1.165) is 36.6 Å². The van der Waals surface area contributed by atoms with E-state index >= 15 is 0 Å². The van der Waals surface area contributed by atoms with Crippen LogP contribution in [0.15, 0.2) is 35.4 Å². The fraction of sp³-hybridized carbons (Fsp3) is 0.455. The number of ether oxygens (including phenoxy) is 3. The van der Waals surface area contributed by atoms with Gasteiger partial charge in [-0.15, -0.1) is 5.10 Å². The van der Waals surface area contributed by atoms with Gasteiger partial charge < -0.3 is 19.2 Å². The Bertz CT molecular complexity index is 1050. The number of fused-ring (bicyclic) bond motifs is 1. The molecule has 5 rings (SSSR count). The van der Waals surface area contributed by atoms with Crippen LogP contribution in [-0.2, 0) is 23.8 Å². The third-order valence-electron chi connectivity index (χ3n) is 5.78. The molecule has 162 valence electrons. The number of aromatic nitrogens is 2. The Kier molecular flexibility index (Phi) is 5.42. The van der Waals surface area contributed by atoms with Gasteiger partial charge in [-0.3, -0.25) is 14.6 Å². The van der Waals surface area contributed by atoms with E-state index in [1.165, 1.54) is 0 Å². The number of aromatic amines is 1. The molecule has 2 saturated heterocycles. The number of hydrogen-bond donors (Lipinski definition) is 1. The van der Waals surface area contributed by atoms with Crippen molar-refractivity contribution in [2.24, 2.45) is 11.0 Å². The van der Waals surface area contributed by atoms with Crippen LogP contribution in [0.1, 0.15) is 31.2 Å². The van der Waals surface area contributed by atoms with Crippen LogP contribution in [0.3, 0.4) is 0 Å². The van der Waals surface area contributed by atoms with E-state index in [0.29, 0.717) is 32.0 Å². The summed E-state index contributed by atoms with van der Waals surface area (Å²) < 4.78 is 16.8. The van der Waals surface area contributed by atoms with E-state index in [-0.39, 0.29) is 17.8 Å². The number of hydrogen-bond acceptors (Lipinski definition) is 8. The van der Waals surface area contributed by atoms with Gasteiger partial charge in [-0.2, -0.15) is 0 Å². The van der Waals surface area contributed by atoms with E-state index in [2.05, 4.69) is 15.1 Å². The van der Waals surface area contributed by atoms with Crippen molar-refractivity contribution >= 4 is 34.8 Å². The summed E-state index contributed by atoms with van der Waals surface area (Å²) in [5.41, 5.74) is 1.46. The standard InChI is InChI=1S/C22H24N4O5/c27-19-17(12-14-13-24-20-16(14)6-3-7-23-20)31-21(25-26-8-10-29-11-9-26)18(19)22(28)30-15-4-1-2-5-15/h3,6-7,12-13,15,18H,1-2,4-5,8-11H2,(H,23,24)/b17-12-,25-21?. The summed E-state index contributed by atoms with van der Waals surface area (Å²) in [6.07, 6.45) is 8.64. The predicted molar refractivity (Wildman–Crippen MR) is 112 cm³/mol. The smallest absolute Gasteiger partial charge is 0.326 e. The molecule has 3 aliphatic rings. The molecule has 3 fully saturated rings. The van der Waals surface area contributed by atoms with Crippen LogP contribution in [0.25, 0.3) is 17.1 Å². The van der Waals surface area contributed by atoms with Crippen molar-refractivity contribution in [2.75, 3.05) is 26.3 Å². The number of hydrazone groups is 1. The highest BCUT2D eigenvalue weighted by Crippen LogP contribution is 2.30. The van der Waals surface area contributed by atoms with Crippen LogP contribution in [0.4, 0.5) is 0 Å². The first-order valence-electron chi connectivity index (χ1n) is 10.7. The lowest BCUT2D eigenvalue weighted by molar-refractivity contribution is -0.152. The number of nitrogens with zero attached hydrogens (tertiary/aromatic N) is 3. The van der Waals surface area contributed by atoms with Gasteiger partial charge in [0.05, 0.1) is 26.3 Å². The van der Waals surface area contributed by atoms with Gasteiger partial charge in [-0.05, 0) is 43.9 Å². The van der Waals surface area contributed by atoms with Crippen molar-refractivity contribution in [1.29, 1.82) is 0 Å². The quantitative estimate of drug-likeness (QED) is 0.456. The molecule has 4 heterocycles. The van der Waals surface area contributed by atoms with Crippen molar-refractivity contribution in [3.05, 3.63) is 35.8 Å². The van der Waals surface area contributed by atoms with Crippen LogP contribution in [0, 0.1) is 5.92 Å². The van der Waals surface area contributed by atoms with Gasteiger partial charge in [-0.1, -0.05) is 0 Å². The maximum Gasteiger partial charge on any atom is 0.326 e. The first kappa shape index (κ1) is 19.7. The first-order chi connectivity index (χ1) is 15.2. The fourth-order valence-electron chi connectivity index (χ4n) is 4.13. The van der Waals surface area contributed by atoms with E-state index in [1.807, 2.05) is 12.1 Å². The molecule has 0 amide bonds. The van der Waals surface area contributed by atoms with Crippen molar-refractivity contribution in [2.45, 2.75) is 31.8 Å². The number of Topliss-reactive ketones (excluding diaryl/α,β-unsaturated/α-hetero) is 1. The first-order valence-corrected chi connectivity index (χ1v) is 10.7. The molecule has 1 aliphatic carbocycles. The number of nitrogens with one attached hydrogen (secondary N) is 1. The second-order valence-corrected chi connectivity index (χ2v) is 7.90. The molecular formula is C22H24N4O5. The molecule has 0 aromatic carbocycles. The lowest BCUT2D eigenvalue weighted by Crippen LogP contribution is -2.36. The number of carbonyl (C=O) groups is 2. The van der Waals surface area contributed by atoms with Gasteiger partial charge in [0.2, 0.25) is 17.6 Å². The molecule has 0 spiro atoms. The monoisotopic (exact) mass is 424 g/mol. The van der Waals surface area contributed by atoms with E-state index in [1.54, 1.807) is 23.5 Å². The minimum Gasteiger partial charge on any atom is -0.461 e. The highest BCUT2D eigenvalue weighted by Gasteiger charge is 2.46. The van der Waals surface area contributed by atoms with Gasteiger partial charge in [0.25, 0.3) is 0 Å². The Morgan fingerprint density at radius 3 is 2.90 bits per heavy atom. The summed E-state index contributed by atoms with van der Waals surface area (Å²) in [5, 5.41) is 7.09. The Hall–Kier alpha value is -3.20. The molecule has 2 aromatic rings. The molecule has 2 aromatic heterocycles. The molecule has 2 aliphatic heterocycles. The number of rotatable bonds is 4. The van der Waals surface area contributed by atoms with Crippen LogP contribution in [0.2, 0.25) is 0 Å². The molecule has 0 bridgehead atoms. The SMILES string of the molecule is O=C(OC1CCCC1)C1C(=O)/C(=C/c2c[nH]c3ncccc23)OC1=NN1CCOCC1. The number of carbonyl (C=O) groups excluding carboxylic acids is 2. The van der Waals surface area contributed by atoms with E-state index in [4.69, 9.17) is 14.2 Å². The van der Waals surface area contributed by atoms with Crippen molar-refractivity contribution < 1.29 is 23.8 Å². The molecule has 1 saturated carbocycles. The van der Waals surface area contributed by atoms with Crippen molar-refractivity contribution in [3.8, 4) is 0 Å². The summed E-state index contributed by atoms with van der Waals surface area (Å²) >= 11 is 0. The number of allylic oxidation sites excluding steroid dienone is 1. The largest absolute Gasteiger partial charge is 0.461 e. The minimum atomic E-state index is -1.18. The van der Waals surface area contributed by atoms with Gasteiger partial charge >= 0.3 is 5.97 Å². The van der Waals surface area contributed by atoms with E-state index in [9.17, 15) is 9.59 Å². The Balaban J connectivity index is 1.45. The third kappa shape index (κ3) is 4.05. The zero-order chi connectivity index (χ0) is 21.2. The molecule has 1 unspecified atom stereocenters. The lowest BCUT2D eigenvalue weighted by atomic mass is 10.0. The average molecular weight is 424 g/mol. The normalized spacial score (nSPS) is 25.0. The summed E-state index contributed by atoms with van der Waals surface area (Å²) in [4.78, 5) is 33.5. The topological polar surface area (TPSA) is 106 Å². The molecule has 1 N–H and O–H groups in total. The van der Waals surface area contributed by atoms with Crippen LogP contribution >= 0.6 is 0 Å². The lowest BCUT2D eigenvalue weighted by Gasteiger charge is -2.24.